The Bertz CT molecular complexity index is 1240. The fourth-order valence-corrected chi connectivity index (χ4v) is 12.3. The van der Waals surface area contributed by atoms with E-state index in [0.29, 0.717) is 19.4 Å². The number of rotatable bonds is 72. The third kappa shape index (κ3) is 67.7. The van der Waals surface area contributed by atoms with E-state index in [2.05, 4.69) is 19.2 Å². The van der Waals surface area contributed by atoms with E-state index in [9.17, 15) is 19.8 Å². The Hall–Kier alpha value is -1.40. The molecule has 0 fully saturated rings. The van der Waals surface area contributed by atoms with E-state index in [1.165, 1.54) is 372 Å². The molecule has 82 heavy (non-hydrogen) atoms. The van der Waals surface area contributed by atoms with Gasteiger partial charge in [-0.1, -0.05) is 405 Å². The maximum absolute atomic E-state index is 12.5. The molecule has 6 heteroatoms. The van der Waals surface area contributed by atoms with Crippen LogP contribution < -0.4 is 5.32 Å². The summed E-state index contributed by atoms with van der Waals surface area (Å²) in [6.07, 6.45) is 90.3. The number of ether oxygens (including phenoxy) is 1. The lowest BCUT2D eigenvalue weighted by atomic mass is 10.0. The molecule has 0 saturated carbocycles. The number of aliphatic hydroxyl groups excluding tert-OH is 2. The summed E-state index contributed by atoms with van der Waals surface area (Å²) in [4.78, 5) is 24.6. The van der Waals surface area contributed by atoms with Crippen LogP contribution in [0.25, 0.3) is 0 Å². The predicted molar refractivity (Wildman–Crippen MR) is 361 cm³/mol. The van der Waals surface area contributed by atoms with Crippen molar-refractivity contribution in [3.63, 3.8) is 0 Å². The van der Waals surface area contributed by atoms with Crippen molar-refractivity contribution in [2.24, 2.45) is 0 Å². The summed E-state index contributed by atoms with van der Waals surface area (Å²) in [7, 11) is 0. The lowest BCUT2D eigenvalue weighted by Gasteiger charge is -2.20. The van der Waals surface area contributed by atoms with Crippen LogP contribution in [0.5, 0.6) is 0 Å². The van der Waals surface area contributed by atoms with Crippen molar-refractivity contribution in [1.82, 2.24) is 5.32 Å². The Morgan fingerprint density at radius 2 is 0.561 bits per heavy atom. The van der Waals surface area contributed by atoms with Gasteiger partial charge in [0.25, 0.3) is 0 Å². The van der Waals surface area contributed by atoms with Crippen LogP contribution in [0.1, 0.15) is 438 Å². The molecule has 0 saturated heterocycles. The largest absolute Gasteiger partial charge is 0.466 e. The second-order valence-corrected chi connectivity index (χ2v) is 26.4. The molecule has 3 N–H and O–H groups in total. The topological polar surface area (TPSA) is 95.9 Å². The highest BCUT2D eigenvalue weighted by molar-refractivity contribution is 5.76. The zero-order chi connectivity index (χ0) is 59.2. The van der Waals surface area contributed by atoms with Crippen LogP contribution >= 0.6 is 0 Å². The number of esters is 1. The van der Waals surface area contributed by atoms with E-state index in [-0.39, 0.29) is 18.5 Å². The Labute approximate surface area is 514 Å². The Balaban J connectivity index is 3.37. The summed E-state index contributed by atoms with van der Waals surface area (Å²) >= 11 is 0. The zero-order valence-electron chi connectivity index (χ0n) is 56.0. The number of hydrogen-bond acceptors (Lipinski definition) is 5. The van der Waals surface area contributed by atoms with Crippen molar-refractivity contribution < 1.29 is 24.5 Å². The average molecular weight is 1160 g/mol. The van der Waals surface area contributed by atoms with Gasteiger partial charge in [0.1, 0.15) is 0 Å². The first-order valence-corrected chi connectivity index (χ1v) is 38.0. The quantitative estimate of drug-likeness (QED) is 0.0320. The third-order valence-electron chi connectivity index (χ3n) is 18.1. The van der Waals surface area contributed by atoms with Crippen LogP contribution in [0, 0.1) is 0 Å². The first-order valence-electron chi connectivity index (χ1n) is 38.0. The molecular weight excluding hydrogens is 1010 g/mol. The van der Waals surface area contributed by atoms with E-state index in [1.807, 2.05) is 6.08 Å². The molecule has 0 radical (unpaired) electrons. The monoisotopic (exact) mass is 1160 g/mol. The maximum atomic E-state index is 12.5. The molecule has 0 aromatic rings. The normalized spacial score (nSPS) is 12.5. The van der Waals surface area contributed by atoms with Crippen molar-refractivity contribution in [2.45, 2.75) is 450 Å². The van der Waals surface area contributed by atoms with Crippen molar-refractivity contribution in [1.29, 1.82) is 0 Å². The third-order valence-corrected chi connectivity index (χ3v) is 18.1. The fraction of sp³-hybridized carbons (Fsp3) is 0.947. The van der Waals surface area contributed by atoms with Gasteiger partial charge in [-0.25, -0.2) is 0 Å². The smallest absolute Gasteiger partial charge is 0.305 e. The highest BCUT2D eigenvalue weighted by Gasteiger charge is 2.18. The van der Waals surface area contributed by atoms with Gasteiger partial charge in [0, 0.05) is 12.8 Å². The molecule has 2 atom stereocenters. The van der Waals surface area contributed by atoms with Crippen molar-refractivity contribution >= 4 is 11.9 Å². The van der Waals surface area contributed by atoms with E-state index in [0.717, 1.165) is 38.5 Å². The van der Waals surface area contributed by atoms with E-state index in [1.54, 1.807) is 6.08 Å². The number of hydrogen-bond donors (Lipinski definition) is 3. The molecular formula is C76H149NO5. The van der Waals surface area contributed by atoms with Crippen molar-refractivity contribution in [2.75, 3.05) is 13.2 Å². The van der Waals surface area contributed by atoms with Gasteiger partial charge in [-0.2, -0.15) is 0 Å². The van der Waals surface area contributed by atoms with E-state index >= 15 is 0 Å². The molecule has 0 heterocycles. The van der Waals surface area contributed by atoms with Crippen molar-refractivity contribution in [3.8, 4) is 0 Å². The van der Waals surface area contributed by atoms with Gasteiger partial charge in [0.2, 0.25) is 5.91 Å². The molecule has 0 bridgehead atoms. The van der Waals surface area contributed by atoms with Crippen LogP contribution in [0.4, 0.5) is 0 Å². The lowest BCUT2D eigenvalue weighted by Crippen LogP contribution is -2.45. The predicted octanol–water partition coefficient (Wildman–Crippen LogP) is 24.7. The second kappa shape index (κ2) is 72.1. The Kier molecular flexibility index (Phi) is 70.8. The molecule has 1 amide bonds. The number of carbonyl (C=O) groups excluding carboxylic acids is 2. The number of nitrogens with one attached hydrogen (secondary N) is 1. The van der Waals surface area contributed by atoms with Gasteiger partial charge >= 0.3 is 5.97 Å². The summed E-state index contributed by atoms with van der Waals surface area (Å²) in [5.41, 5.74) is 0. The first kappa shape index (κ1) is 80.6. The van der Waals surface area contributed by atoms with Gasteiger partial charge in [-0.3, -0.25) is 9.59 Å². The number of unbranched alkanes of at least 4 members (excludes halogenated alkanes) is 61. The summed E-state index contributed by atoms with van der Waals surface area (Å²) in [6.45, 7) is 4.96. The molecule has 0 spiro atoms. The number of aliphatic hydroxyl groups is 2. The molecule has 0 aromatic carbocycles. The summed E-state index contributed by atoms with van der Waals surface area (Å²) in [5.74, 6) is -0.0399. The fourth-order valence-electron chi connectivity index (χ4n) is 12.3. The Morgan fingerprint density at radius 3 is 0.829 bits per heavy atom. The highest BCUT2D eigenvalue weighted by Crippen LogP contribution is 2.20. The van der Waals surface area contributed by atoms with Gasteiger partial charge in [0.05, 0.1) is 25.4 Å². The standard InChI is InChI=1S/C76H149NO5/c1-3-5-7-9-11-13-15-17-19-21-22-23-24-28-31-34-37-40-44-48-52-56-60-64-68-74(79)73(72-78)77-75(80)69-65-61-57-53-49-45-41-38-35-32-29-26-25-27-30-33-36-39-43-47-51-55-59-63-67-71-82-76(81)70-66-62-58-54-50-46-42-20-18-16-14-12-10-8-6-4-2/h64,68,73-74,78-79H,3-63,65-67,69-72H2,1-2H3,(H,77,80)/b68-64+. The van der Waals surface area contributed by atoms with Crippen molar-refractivity contribution in [3.05, 3.63) is 12.2 Å². The van der Waals surface area contributed by atoms with Crippen LogP contribution in [0.2, 0.25) is 0 Å². The van der Waals surface area contributed by atoms with Crippen LogP contribution in [-0.2, 0) is 14.3 Å². The minimum absolute atomic E-state index is 0.0208. The van der Waals surface area contributed by atoms with Crippen LogP contribution in [0.15, 0.2) is 12.2 Å². The summed E-state index contributed by atoms with van der Waals surface area (Å²) in [6, 6.07) is -0.627. The number of carbonyl (C=O) groups is 2. The summed E-state index contributed by atoms with van der Waals surface area (Å²) < 4.78 is 5.51. The first-order chi connectivity index (χ1) is 40.5. The SMILES string of the molecule is CCCCCCCCCCCCCCCCCCCCCCCC/C=C/C(O)C(CO)NC(=O)CCCCCCCCCCCCCCCCCCCCCCCCCCCOC(=O)CCCCCCCCCCCCCCCCCC. The summed E-state index contributed by atoms with van der Waals surface area (Å²) in [5, 5.41) is 23.3. The average Bonchev–Trinajstić information content (AvgIpc) is 3.48. The molecule has 0 aliphatic rings. The maximum Gasteiger partial charge on any atom is 0.305 e. The molecule has 0 aliphatic heterocycles. The molecule has 0 aliphatic carbocycles. The number of amides is 1. The molecule has 6 nitrogen and oxygen atoms in total. The van der Waals surface area contributed by atoms with Gasteiger partial charge < -0.3 is 20.3 Å². The van der Waals surface area contributed by atoms with Gasteiger partial charge in [-0.15, -0.1) is 0 Å². The highest BCUT2D eigenvalue weighted by atomic mass is 16.5. The molecule has 0 rings (SSSR count). The van der Waals surface area contributed by atoms with E-state index < -0.39 is 12.1 Å². The van der Waals surface area contributed by atoms with Crippen LogP contribution in [-0.4, -0.2) is 47.4 Å². The van der Waals surface area contributed by atoms with Gasteiger partial charge in [-0.05, 0) is 32.1 Å². The Morgan fingerprint density at radius 1 is 0.329 bits per heavy atom. The van der Waals surface area contributed by atoms with E-state index in [4.69, 9.17) is 4.74 Å². The second-order valence-electron chi connectivity index (χ2n) is 26.4. The van der Waals surface area contributed by atoms with Crippen LogP contribution in [0.3, 0.4) is 0 Å². The number of allylic oxidation sites excluding steroid dienone is 1. The van der Waals surface area contributed by atoms with Gasteiger partial charge in [0.15, 0.2) is 0 Å². The lowest BCUT2D eigenvalue weighted by molar-refractivity contribution is -0.143. The molecule has 488 valence electrons. The minimum Gasteiger partial charge on any atom is -0.466 e. The molecule has 0 aromatic heterocycles. The minimum atomic E-state index is -0.844. The molecule has 2 unspecified atom stereocenters. The zero-order valence-corrected chi connectivity index (χ0v) is 56.0.